The summed E-state index contributed by atoms with van der Waals surface area (Å²) < 4.78 is 45.1. The maximum Gasteiger partial charge on any atom is 0.416 e. The number of aliphatic imine (C=N–C) groups is 1. The summed E-state index contributed by atoms with van der Waals surface area (Å²) >= 11 is 0. The molecule has 0 aliphatic rings. The van der Waals surface area contributed by atoms with E-state index in [0.29, 0.717) is 0 Å². The van der Waals surface area contributed by atoms with Crippen LogP contribution < -0.4 is 11.1 Å². The zero-order chi connectivity index (χ0) is 25.8. The van der Waals surface area contributed by atoms with E-state index in [2.05, 4.69) is 10.3 Å². The highest BCUT2D eigenvalue weighted by molar-refractivity contribution is 6.03. The maximum atomic E-state index is 12.7. The second-order valence-corrected chi connectivity index (χ2v) is 7.94. The van der Waals surface area contributed by atoms with Crippen LogP contribution in [0.15, 0.2) is 71.0 Å². The van der Waals surface area contributed by atoms with Gasteiger partial charge in [-0.15, -0.1) is 0 Å². The Morgan fingerprint density at radius 2 is 1.74 bits per heavy atom. The third-order valence-electron chi connectivity index (χ3n) is 5.18. The number of allylic oxidation sites excluding steroid dienone is 2. The molecule has 0 unspecified atom stereocenters. The van der Waals surface area contributed by atoms with E-state index in [1.54, 1.807) is 11.5 Å². The third-order valence-corrected chi connectivity index (χ3v) is 5.18. The lowest BCUT2D eigenvalue weighted by atomic mass is 10.2. The minimum Gasteiger partial charge on any atom is -0.454 e. The number of benzene rings is 2. The lowest BCUT2D eigenvalue weighted by Crippen LogP contribution is -2.33. The molecule has 1 heterocycles. The van der Waals surface area contributed by atoms with Crippen molar-refractivity contribution in [2.45, 2.75) is 33.5 Å². The van der Waals surface area contributed by atoms with E-state index in [9.17, 15) is 22.8 Å². The van der Waals surface area contributed by atoms with Gasteiger partial charge in [0.05, 0.1) is 22.7 Å². The van der Waals surface area contributed by atoms with Gasteiger partial charge in [0.25, 0.3) is 5.91 Å². The zero-order valence-electron chi connectivity index (χ0n) is 19.4. The number of rotatable bonds is 7. The zero-order valence-corrected chi connectivity index (χ0v) is 19.4. The van der Waals surface area contributed by atoms with Crippen LogP contribution in [0.1, 0.15) is 25.1 Å². The fourth-order valence-corrected chi connectivity index (χ4v) is 3.50. The van der Waals surface area contributed by atoms with Gasteiger partial charge in [-0.05, 0) is 62.6 Å². The van der Waals surface area contributed by atoms with Crippen LogP contribution in [-0.4, -0.2) is 28.8 Å². The fourth-order valence-electron chi connectivity index (χ4n) is 3.50. The second-order valence-electron chi connectivity index (χ2n) is 7.94. The number of hydrogen-bond donors (Lipinski definition) is 2. The van der Waals surface area contributed by atoms with Crippen molar-refractivity contribution >= 4 is 34.2 Å². The second kappa shape index (κ2) is 10.5. The number of aromatic nitrogens is 1. The predicted molar refractivity (Wildman–Crippen MR) is 127 cm³/mol. The van der Waals surface area contributed by atoms with Gasteiger partial charge in [0.1, 0.15) is 6.54 Å². The van der Waals surface area contributed by atoms with Gasteiger partial charge < -0.3 is 20.4 Å². The number of nitrogens with zero attached hydrogens (tertiary/aromatic N) is 2. The Kier molecular flexibility index (Phi) is 7.63. The van der Waals surface area contributed by atoms with E-state index in [-0.39, 0.29) is 29.3 Å². The fraction of sp³-hybridized carbons (Fsp3) is 0.240. The highest BCUT2D eigenvalue weighted by atomic mass is 19.4. The molecule has 0 radical (unpaired) electrons. The molecule has 3 aromatic rings. The molecule has 0 saturated heterocycles. The van der Waals surface area contributed by atoms with Crippen LogP contribution in [0, 0.1) is 6.92 Å². The van der Waals surface area contributed by atoms with Gasteiger partial charge in [0.2, 0.25) is 0 Å². The highest BCUT2D eigenvalue weighted by Gasteiger charge is 2.29. The summed E-state index contributed by atoms with van der Waals surface area (Å²) in [7, 11) is 0. The number of ether oxygens (including phenoxy) is 1. The summed E-state index contributed by atoms with van der Waals surface area (Å²) in [6.07, 6.45) is -4.45. The molecular weight excluding hydrogens is 461 g/mol. The topological polar surface area (TPSA) is 98.7 Å². The van der Waals surface area contributed by atoms with Gasteiger partial charge in [0, 0.05) is 16.9 Å². The number of carbonyl (C=O) groups excluding carboxylic acids is 2. The average molecular weight is 486 g/mol. The molecule has 0 aliphatic carbocycles. The van der Waals surface area contributed by atoms with E-state index in [1.807, 2.05) is 37.3 Å². The molecule has 0 spiro atoms. The molecule has 184 valence electrons. The molecule has 10 heteroatoms. The summed E-state index contributed by atoms with van der Waals surface area (Å²) in [5.41, 5.74) is 7.77. The number of hydrogen-bond acceptors (Lipinski definition) is 5. The normalized spacial score (nSPS) is 12.9. The monoisotopic (exact) mass is 486 g/mol. The number of carbonyl (C=O) groups is 2. The minimum atomic E-state index is -4.45. The van der Waals surface area contributed by atoms with Crippen molar-refractivity contribution in [2.75, 3.05) is 6.61 Å². The Morgan fingerprint density at radius 1 is 1.09 bits per heavy atom. The molecule has 0 saturated carbocycles. The van der Waals surface area contributed by atoms with Crippen LogP contribution in [0.25, 0.3) is 10.9 Å². The van der Waals surface area contributed by atoms with Crippen LogP contribution in [0.4, 0.5) is 18.9 Å². The van der Waals surface area contributed by atoms with Crippen LogP contribution >= 0.6 is 0 Å². The molecule has 7 nitrogen and oxygen atoms in total. The first-order valence-corrected chi connectivity index (χ1v) is 10.7. The Balaban J connectivity index is 1.61. The summed E-state index contributed by atoms with van der Waals surface area (Å²) in [5, 5.41) is 3.54. The number of para-hydroxylation sites is 1. The number of nitrogens with two attached hydrogens (primary N) is 1. The number of alkyl halides is 3. The van der Waals surface area contributed by atoms with Gasteiger partial charge in [-0.3, -0.25) is 14.6 Å². The first-order valence-electron chi connectivity index (χ1n) is 10.7. The molecule has 3 rings (SSSR count). The largest absolute Gasteiger partial charge is 0.454 e. The highest BCUT2D eigenvalue weighted by Crippen LogP contribution is 2.30. The molecule has 0 fully saturated rings. The Labute approximate surface area is 200 Å². The molecular formula is C25H25F3N4O3. The molecule has 2 aromatic carbocycles. The number of aryl methyl sites for hydroxylation is 1. The summed E-state index contributed by atoms with van der Waals surface area (Å²) in [5.74, 6) is -1.22. The Morgan fingerprint density at radius 3 is 2.37 bits per heavy atom. The number of halogens is 3. The Bertz CT molecular complexity index is 1300. The molecule has 1 amide bonds. The maximum absolute atomic E-state index is 12.7. The predicted octanol–water partition coefficient (Wildman–Crippen LogP) is 4.61. The minimum absolute atomic E-state index is 0.0559. The summed E-state index contributed by atoms with van der Waals surface area (Å²) in [6.45, 7) is 4.36. The van der Waals surface area contributed by atoms with E-state index >= 15 is 0 Å². The van der Waals surface area contributed by atoms with Gasteiger partial charge in [-0.1, -0.05) is 18.2 Å². The lowest BCUT2D eigenvalue weighted by molar-refractivity contribution is -0.148. The molecule has 0 bridgehead atoms. The van der Waals surface area contributed by atoms with Crippen LogP contribution in [0.2, 0.25) is 0 Å². The smallest absolute Gasteiger partial charge is 0.416 e. The quantitative estimate of drug-likeness (QED) is 0.376. The van der Waals surface area contributed by atoms with Crippen molar-refractivity contribution < 1.29 is 27.5 Å². The number of fused-ring (bicyclic) bond motifs is 1. The molecule has 0 atom stereocenters. The third kappa shape index (κ3) is 6.50. The molecule has 3 N–H and O–H groups in total. The number of nitrogens with one attached hydrogen (secondary N) is 1. The van der Waals surface area contributed by atoms with Crippen LogP contribution in [-0.2, 0) is 27.0 Å². The van der Waals surface area contributed by atoms with Crippen molar-refractivity contribution in [3.8, 4) is 0 Å². The van der Waals surface area contributed by atoms with Gasteiger partial charge in [-0.2, -0.15) is 13.2 Å². The first-order chi connectivity index (χ1) is 16.5. The molecule has 0 aliphatic heterocycles. The van der Waals surface area contributed by atoms with Gasteiger partial charge in [-0.25, -0.2) is 0 Å². The number of esters is 1. The van der Waals surface area contributed by atoms with E-state index in [0.717, 1.165) is 28.7 Å². The number of amides is 1. The first kappa shape index (κ1) is 25.5. The standard InChI is InChI=1S/C25H25F3N4O3/c1-15-12-18-6-4-5-7-21(18)32(15)13-23(34)35-14-22(33)31-24(16(2)29)17(3)30-20-10-8-19(9-11-20)25(26,27)28/h4-12H,13-14,29H2,1-3H3,(H,31,33). The van der Waals surface area contributed by atoms with E-state index < -0.39 is 30.2 Å². The lowest BCUT2D eigenvalue weighted by Gasteiger charge is -2.13. The molecule has 1 aromatic heterocycles. The summed E-state index contributed by atoms with van der Waals surface area (Å²) in [6, 6.07) is 13.8. The van der Waals surface area contributed by atoms with Crippen molar-refractivity contribution in [3.05, 3.63) is 77.2 Å². The SMILES string of the molecule is CC(=Nc1ccc(C(F)(F)F)cc1)C(NC(=O)COC(=O)Cn1c(C)cc2ccccc21)=C(C)N. The van der Waals surface area contributed by atoms with Crippen molar-refractivity contribution in [1.29, 1.82) is 0 Å². The Hall–Kier alpha value is -4.08. The van der Waals surface area contributed by atoms with Gasteiger partial charge >= 0.3 is 12.1 Å². The van der Waals surface area contributed by atoms with Crippen molar-refractivity contribution in [3.63, 3.8) is 0 Å². The van der Waals surface area contributed by atoms with Crippen LogP contribution in [0.5, 0.6) is 0 Å². The van der Waals surface area contributed by atoms with E-state index in [1.165, 1.54) is 19.1 Å². The van der Waals surface area contributed by atoms with Crippen molar-refractivity contribution in [2.24, 2.45) is 10.7 Å². The van der Waals surface area contributed by atoms with Gasteiger partial charge in [0.15, 0.2) is 6.61 Å². The van der Waals surface area contributed by atoms with E-state index in [4.69, 9.17) is 10.5 Å². The van der Waals surface area contributed by atoms with Crippen LogP contribution in [0.3, 0.4) is 0 Å². The summed E-state index contributed by atoms with van der Waals surface area (Å²) in [4.78, 5) is 29.0. The van der Waals surface area contributed by atoms with Crippen molar-refractivity contribution in [1.82, 2.24) is 9.88 Å². The average Bonchev–Trinajstić information content (AvgIpc) is 3.10. The molecule has 35 heavy (non-hydrogen) atoms.